The molecule has 31 heavy (non-hydrogen) atoms. The highest BCUT2D eigenvalue weighted by Crippen LogP contribution is 2.14. The van der Waals surface area contributed by atoms with E-state index in [-0.39, 0.29) is 11.6 Å². The molecular formula is C22H27N5O4. The fourth-order valence-electron chi connectivity index (χ4n) is 3.31. The Bertz CT molecular complexity index is 920. The van der Waals surface area contributed by atoms with Crippen LogP contribution in [0.3, 0.4) is 0 Å². The van der Waals surface area contributed by atoms with E-state index in [2.05, 4.69) is 10.2 Å². The van der Waals surface area contributed by atoms with Gasteiger partial charge in [0.25, 0.3) is 5.69 Å². The lowest BCUT2D eigenvalue weighted by Crippen LogP contribution is -2.53. The Kier molecular flexibility index (Phi) is 7.42. The van der Waals surface area contributed by atoms with Gasteiger partial charge in [-0.2, -0.15) is 0 Å². The molecule has 3 rings (SSSR count). The number of carbonyl (C=O) groups is 1. The molecule has 1 fully saturated rings. The van der Waals surface area contributed by atoms with E-state index in [9.17, 15) is 14.9 Å². The Morgan fingerprint density at radius 2 is 1.61 bits per heavy atom. The predicted molar refractivity (Wildman–Crippen MR) is 118 cm³/mol. The summed E-state index contributed by atoms with van der Waals surface area (Å²) in [5.41, 5.74) is 2.04. The van der Waals surface area contributed by atoms with Gasteiger partial charge in [-0.15, -0.1) is 0 Å². The zero-order chi connectivity index (χ0) is 22.2. The van der Waals surface area contributed by atoms with Gasteiger partial charge in [0.05, 0.1) is 18.6 Å². The zero-order valence-electron chi connectivity index (χ0n) is 17.8. The van der Waals surface area contributed by atoms with Gasteiger partial charge >= 0.3 is 0 Å². The number of non-ortho nitro benzene ring substituents is 1. The number of nitrogens with zero attached hydrogens (tertiary/aromatic N) is 4. The van der Waals surface area contributed by atoms with Crippen LogP contribution < -0.4 is 10.1 Å². The average Bonchev–Trinajstić information content (AvgIpc) is 2.80. The minimum absolute atomic E-state index is 0.0671. The standard InChI is InChI=1S/C22H27N5O4/c1-17(28)25-11-13-26(14-12-25)22(24-16-19-5-9-21(31-2)10-6-19)23-15-18-3-7-20(8-4-18)27(29)30/h3-10H,11-16H2,1-2H3,(H,23,24). The number of hydrogen-bond donors (Lipinski definition) is 1. The third kappa shape index (κ3) is 6.18. The number of aliphatic imine (C=N–C) groups is 1. The van der Waals surface area contributed by atoms with Crippen LogP contribution in [0.25, 0.3) is 0 Å². The highest BCUT2D eigenvalue weighted by atomic mass is 16.6. The van der Waals surface area contributed by atoms with Gasteiger partial charge in [-0.3, -0.25) is 14.9 Å². The van der Waals surface area contributed by atoms with Crippen molar-refractivity contribution in [3.8, 4) is 5.75 Å². The van der Waals surface area contributed by atoms with E-state index in [1.165, 1.54) is 12.1 Å². The Balaban J connectivity index is 1.69. The molecule has 1 amide bonds. The molecular weight excluding hydrogens is 398 g/mol. The topological polar surface area (TPSA) is 100 Å². The summed E-state index contributed by atoms with van der Waals surface area (Å²) in [6.07, 6.45) is 0. The molecule has 0 unspecified atom stereocenters. The molecule has 9 nitrogen and oxygen atoms in total. The maximum absolute atomic E-state index is 11.6. The number of ether oxygens (including phenoxy) is 1. The van der Waals surface area contributed by atoms with Crippen LogP contribution >= 0.6 is 0 Å². The highest BCUT2D eigenvalue weighted by Gasteiger charge is 2.21. The maximum Gasteiger partial charge on any atom is 0.269 e. The summed E-state index contributed by atoms with van der Waals surface area (Å²) in [7, 11) is 1.63. The van der Waals surface area contributed by atoms with Crippen molar-refractivity contribution in [2.45, 2.75) is 20.0 Å². The van der Waals surface area contributed by atoms with Crippen molar-refractivity contribution in [1.29, 1.82) is 0 Å². The molecule has 1 N–H and O–H groups in total. The van der Waals surface area contributed by atoms with Crippen LogP contribution in [0.2, 0.25) is 0 Å². The minimum atomic E-state index is -0.409. The molecule has 0 aromatic heterocycles. The number of nitrogens with one attached hydrogen (secondary N) is 1. The van der Waals surface area contributed by atoms with Gasteiger partial charge < -0.3 is 19.9 Å². The quantitative estimate of drug-likeness (QED) is 0.330. The van der Waals surface area contributed by atoms with Gasteiger partial charge in [-0.05, 0) is 23.3 Å². The number of carbonyl (C=O) groups excluding carboxylic acids is 1. The van der Waals surface area contributed by atoms with Crippen molar-refractivity contribution in [2.24, 2.45) is 4.99 Å². The van der Waals surface area contributed by atoms with Crippen LogP contribution in [0.4, 0.5) is 5.69 Å². The number of nitro benzene ring substituents is 1. The Hall–Kier alpha value is -3.62. The van der Waals surface area contributed by atoms with E-state index >= 15 is 0 Å². The van der Waals surface area contributed by atoms with E-state index in [4.69, 9.17) is 9.73 Å². The number of piperazine rings is 1. The third-order valence-corrected chi connectivity index (χ3v) is 5.19. The molecule has 2 aromatic carbocycles. The first-order chi connectivity index (χ1) is 15.0. The van der Waals surface area contributed by atoms with Gasteiger partial charge in [0.2, 0.25) is 5.91 Å². The fourth-order valence-corrected chi connectivity index (χ4v) is 3.31. The lowest BCUT2D eigenvalue weighted by molar-refractivity contribution is -0.384. The third-order valence-electron chi connectivity index (χ3n) is 5.19. The molecule has 1 saturated heterocycles. The van der Waals surface area contributed by atoms with E-state index in [1.807, 2.05) is 29.2 Å². The molecule has 0 bridgehead atoms. The van der Waals surface area contributed by atoms with E-state index in [0.29, 0.717) is 39.3 Å². The van der Waals surface area contributed by atoms with Crippen molar-refractivity contribution >= 4 is 17.6 Å². The molecule has 1 aliphatic heterocycles. The monoisotopic (exact) mass is 425 g/mol. The molecule has 0 saturated carbocycles. The number of amides is 1. The largest absolute Gasteiger partial charge is 0.497 e. The summed E-state index contributed by atoms with van der Waals surface area (Å²) < 4.78 is 5.20. The van der Waals surface area contributed by atoms with Crippen molar-refractivity contribution in [1.82, 2.24) is 15.1 Å². The van der Waals surface area contributed by atoms with E-state index < -0.39 is 4.92 Å². The SMILES string of the molecule is COc1ccc(CN=C(NCc2ccc([N+](=O)[O-])cc2)N2CCN(C(C)=O)CC2)cc1. The number of nitro groups is 1. The first-order valence-corrected chi connectivity index (χ1v) is 10.1. The van der Waals surface area contributed by atoms with Crippen molar-refractivity contribution in [3.05, 3.63) is 69.8 Å². The van der Waals surface area contributed by atoms with Crippen molar-refractivity contribution in [2.75, 3.05) is 33.3 Å². The summed E-state index contributed by atoms with van der Waals surface area (Å²) in [6.45, 7) is 5.25. The number of benzene rings is 2. The summed E-state index contributed by atoms with van der Waals surface area (Å²) in [5.74, 6) is 1.62. The van der Waals surface area contributed by atoms with Crippen molar-refractivity contribution in [3.63, 3.8) is 0 Å². The van der Waals surface area contributed by atoms with Gasteiger partial charge in [0, 0.05) is 51.8 Å². The zero-order valence-corrected chi connectivity index (χ0v) is 17.8. The van der Waals surface area contributed by atoms with Gasteiger partial charge in [0.15, 0.2) is 5.96 Å². The molecule has 2 aromatic rings. The predicted octanol–water partition coefficient (Wildman–Crippen LogP) is 2.41. The number of methoxy groups -OCH3 is 1. The second-order valence-electron chi connectivity index (χ2n) is 7.26. The van der Waals surface area contributed by atoms with Crippen LogP contribution in [0, 0.1) is 10.1 Å². The Morgan fingerprint density at radius 3 is 2.16 bits per heavy atom. The minimum Gasteiger partial charge on any atom is -0.497 e. The second kappa shape index (κ2) is 10.4. The molecule has 0 atom stereocenters. The lowest BCUT2D eigenvalue weighted by atomic mass is 10.2. The first kappa shape index (κ1) is 22.1. The fraction of sp³-hybridized carbons (Fsp3) is 0.364. The van der Waals surface area contributed by atoms with E-state index in [1.54, 1.807) is 26.2 Å². The summed E-state index contributed by atoms with van der Waals surface area (Å²) in [6, 6.07) is 14.2. The van der Waals surface area contributed by atoms with Crippen LogP contribution in [-0.2, 0) is 17.9 Å². The van der Waals surface area contributed by atoms with Gasteiger partial charge in [0.1, 0.15) is 5.75 Å². The van der Waals surface area contributed by atoms with Crippen LogP contribution in [0.5, 0.6) is 5.75 Å². The molecule has 1 heterocycles. The second-order valence-corrected chi connectivity index (χ2v) is 7.26. The van der Waals surface area contributed by atoms with Gasteiger partial charge in [-0.25, -0.2) is 4.99 Å². The number of rotatable bonds is 6. The molecule has 9 heteroatoms. The number of hydrogen-bond acceptors (Lipinski definition) is 5. The maximum atomic E-state index is 11.6. The van der Waals surface area contributed by atoms with Crippen LogP contribution in [-0.4, -0.2) is 59.9 Å². The number of guanidine groups is 1. The van der Waals surface area contributed by atoms with Crippen LogP contribution in [0.15, 0.2) is 53.5 Å². The normalized spacial score (nSPS) is 14.3. The van der Waals surface area contributed by atoms with Crippen LogP contribution in [0.1, 0.15) is 18.1 Å². The summed E-state index contributed by atoms with van der Waals surface area (Å²) >= 11 is 0. The first-order valence-electron chi connectivity index (χ1n) is 10.1. The van der Waals surface area contributed by atoms with Crippen molar-refractivity contribution < 1.29 is 14.5 Å². The smallest absolute Gasteiger partial charge is 0.269 e. The summed E-state index contributed by atoms with van der Waals surface area (Å²) in [4.78, 5) is 30.8. The Morgan fingerprint density at radius 1 is 1.03 bits per heavy atom. The van der Waals surface area contributed by atoms with Gasteiger partial charge in [-0.1, -0.05) is 24.3 Å². The molecule has 1 aliphatic rings. The molecule has 164 valence electrons. The molecule has 0 aliphatic carbocycles. The Labute approximate surface area is 181 Å². The van der Waals surface area contributed by atoms with E-state index in [0.717, 1.165) is 22.8 Å². The summed E-state index contributed by atoms with van der Waals surface area (Å²) in [5, 5.41) is 14.2. The molecule has 0 spiro atoms. The molecule has 0 radical (unpaired) electrons. The highest BCUT2D eigenvalue weighted by molar-refractivity contribution is 5.80. The average molecular weight is 425 g/mol. The lowest BCUT2D eigenvalue weighted by Gasteiger charge is -2.36.